The highest BCUT2D eigenvalue weighted by molar-refractivity contribution is 5.93. The predicted molar refractivity (Wildman–Crippen MR) is 81.9 cm³/mol. The number of esters is 1. The van der Waals surface area contributed by atoms with E-state index in [9.17, 15) is 4.79 Å². The molecule has 0 aliphatic rings. The van der Waals surface area contributed by atoms with Crippen molar-refractivity contribution in [3.63, 3.8) is 0 Å². The number of hydrogen-bond donors (Lipinski definition) is 0. The van der Waals surface area contributed by atoms with Crippen molar-refractivity contribution in [3.8, 4) is 11.3 Å². The molecule has 0 spiro atoms. The molecule has 1 heterocycles. The van der Waals surface area contributed by atoms with Crippen LogP contribution in [0.4, 0.5) is 0 Å². The van der Waals surface area contributed by atoms with Gasteiger partial charge in [-0.3, -0.25) is 9.48 Å². The molecule has 2 aromatic carbocycles. The average Bonchev–Trinajstić information content (AvgIpc) is 2.87. The Labute approximate surface area is 123 Å². The van der Waals surface area contributed by atoms with E-state index in [0.717, 1.165) is 22.2 Å². The van der Waals surface area contributed by atoms with Crippen molar-refractivity contribution in [2.24, 2.45) is 0 Å². The van der Waals surface area contributed by atoms with E-state index in [1.165, 1.54) is 12.7 Å². The maximum absolute atomic E-state index is 11.5. The number of carbonyl (C=O) groups is 1. The molecule has 3 rings (SSSR count). The first kappa shape index (κ1) is 13.4. The zero-order valence-electron chi connectivity index (χ0n) is 12.0. The Morgan fingerprint density at radius 1 is 1.14 bits per heavy atom. The van der Waals surface area contributed by atoms with Gasteiger partial charge in [-0.15, -0.1) is 0 Å². The molecule has 0 fully saturated rings. The van der Waals surface area contributed by atoms with E-state index >= 15 is 0 Å². The van der Waals surface area contributed by atoms with E-state index in [1.807, 2.05) is 36.4 Å². The monoisotopic (exact) mass is 280 g/mol. The van der Waals surface area contributed by atoms with E-state index in [1.54, 1.807) is 4.68 Å². The maximum atomic E-state index is 11.5. The standard InChI is InChI=1S/C17H16N2O2/c1-12-7-9-13(10-8-12)17-14-5-3-4-6-15(14)19(18-17)11-16(20)21-2/h3-10H,11H2,1-2H3. The van der Waals surface area contributed by atoms with Crippen LogP contribution in [0.5, 0.6) is 0 Å². The third-order valence-electron chi connectivity index (χ3n) is 3.49. The Morgan fingerprint density at radius 2 is 1.86 bits per heavy atom. The summed E-state index contributed by atoms with van der Waals surface area (Å²) >= 11 is 0. The molecule has 0 bridgehead atoms. The van der Waals surface area contributed by atoms with Crippen molar-refractivity contribution in [1.82, 2.24) is 9.78 Å². The first-order valence-electron chi connectivity index (χ1n) is 6.78. The summed E-state index contributed by atoms with van der Waals surface area (Å²) in [6.45, 7) is 2.17. The van der Waals surface area contributed by atoms with Crippen molar-refractivity contribution in [1.29, 1.82) is 0 Å². The minimum Gasteiger partial charge on any atom is -0.468 e. The fraction of sp³-hybridized carbons (Fsp3) is 0.176. The molecule has 3 aromatic rings. The van der Waals surface area contributed by atoms with Crippen molar-refractivity contribution in [2.45, 2.75) is 13.5 Å². The molecule has 0 aliphatic heterocycles. The number of carbonyl (C=O) groups excluding carboxylic acids is 1. The zero-order chi connectivity index (χ0) is 14.8. The second-order valence-electron chi connectivity index (χ2n) is 4.97. The van der Waals surface area contributed by atoms with Gasteiger partial charge in [-0.25, -0.2) is 0 Å². The van der Waals surface area contributed by atoms with Crippen LogP contribution in [0, 0.1) is 6.92 Å². The summed E-state index contributed by atoms with van der Waals surface area (Å²) in [5, 5.41) is 5.63. The normalized spacial score (nSPS) is 10.8. The summed E-state index contributed by atoms with van der Waals surface area (Å²) in [7, 11) is 1.38. The first-order chi connectivity index (χ1) is 10.2. The van der Waals surface area contributed by atoms with Crippen LogP contribution < -0.4 is 0 Å². The smallest absolute Gasteiger partial charge is 0.327 e. The Kier molecular flexibility index (Phi) is 3.44. The number of nitrogens with zero attached hydrogens (tertiary/aromatic N) is 2. The molecule has 0 atom stereocenters. The number of rotatable bonds is 3. The molecule has 4 nitrogen and oxygen atoms in total. The summed E-state index contributed by atoms with van der Waals surface area (Å²) in [5.41, 5.74) is 4.06. The zero-order valence-corrected chi connectivity index (χ0v) is 12.0. The third-order valence-corrected chi connectivity index (χ3v) is 3.49. The van der Waals surface area contributed by atoms with Gasteiger partial charge in [-0.05, 0) is 13.0 Å². The molecule has 0 saturated heterocycles. The molecule has 0 radical (unpaired) electrons. The van der Waals surface area contributed by atoms with Crippen LogP contribution in [-0.2, 0) is 16.1 Å². The van der Waals surface area contributed by atoms with Gasteiger partial charge in [0.2, 0.25) is 0 Å². The number of aryl methyl sites for hydroxylation is 1. The largest absolute Gasteiger partial charge is 0.468 e. The van der Waals surface area contributed by atoms with E-state index < -0.39 is 0 Å². The van der Waals surface area contributed by atoms with E-state index in [0.29, 0.717) is 0 Å². The summed E-state index contributed by atoms with van der Waals surface area (Å²) in [6, 6.07) is 16.1. The lowest BCUT2D eigenvalue weighted by Crippen LogP contribution is -2.12. The minimum atomic E-state index is -0.307. The molecule has 4 heteroatoms. The molecular formula is C17H16N2O2. The Bertz CT molecular complexity index is 788. The molecule has 1 aromatic heterocycles. The fourth-order valence-electron chi connectivity index (χ4n) is 2.36. The van der Waals surface area contributed by atoms with Gasteiger partial charge in [0, 0.05) is 10.9 Å². The number of benzene rings is 2. The predicted octanol–water partition coefficient (Wildman–Crippen LogP) is 3.18. The molecule has 0 aliphatic carbocycles. The summed E-state index contributed by atoms with van der Waals surface area (Å²) in [5.74, 6) is -0.307. The van der Waals surface area contributed by atoms with Gasteiger partial charge < -0.3 is 4.74 Å². The number of aromatic nitrogens is 2. The van der Waals surface area contributed by atoms with Gasteiger partial charge in [0.15, 0.2) is 0 Å². The van der Waals surface area contributed by atoms with Gasteiger partial charge in [-0.2, -0.15) is 5.10 Å². The van der Waals surface area contributed by atoms with Crippen LogP contribution in [0.25, 0.3) is 22.2 Å². The lowest BCUT2D eigenvalue weighted by molar-refractivity contribution is -0.141. The molecular weight excluding hydrogens is 264 g/mol. The first-order valence-corrected chi connectivity index (χ1v) is 6.78. The lowest BCUT2D eigenvalue weighted by atomic mass is 10.1. The van der Waals surface area contributed by atoms with Gasteiger partial charge >= 0.3 is 5.97 Å². The van der Waals surface area contributed by atoms with E-state index in [-0.39, 0.29) is 12.5 Å². The SMILES string of the molecule is COC(=O)Cn1nc(-c2ccc(C)cc2)c2ccccc21. The summed E-state index contributed by atoms with van der Waals surface area (Å²) < 4.78 is 6.42. The van der Waals surface area contributed by atoms with Crippen molar-refractivity contribution >= 4 is 16.9 Å². The van der Waals surface area contributed by atoms with Crippen LogP contribution in [-0.4, -0.2) is 22.9 Å². The Morgan fingerprint density at radius 3 is 2.57 bits per heavy atom. The Hall–Kier alpha value is -2.62. The molecule has 0 N–H and O–H groups in total. The van der Waals surface area contributed by atoms with Crippen LogP contribution in [0.2, 0.25) is 0 Å². The number of methoxy groups -OCH3 is 1. The van der Waals surface area contributed by atoms with Gasteiger partial charge in [0.05, 0.1) is 12.6 Å². The van der Waals surface area contributed by atoms with Crippen LogP contribution >= 0.6 is 0 Å². The molecule has 106 valence electrons. The van der Waals surface area contributed by atoms with E-state index in [4.69, 9.17) is 4.74 Å². The van der Waals surface area contributed by atoms with Crippen LogP contribution in [0.15, 0.2) is 48.5 Å². The van der Waals surface area contributed by atoms with Crippen LogP contribution in [0.1, 0.15) is 5.56 Å². The van der Waals surface area contributed by atoms with Gasteiger partial charge in [0.1, 0.15) is 12.2 Å². The van der Waals surface area contributed by atoms with Crippen LogP contribution in [0.3, 0.4) is 0 Å². The van der Waals surface area contributed by atoms with Crippen molar-refractivity contribution in [3.05, 3.63) is 54.1 Å². The quantitative estimate of drug-likeness (QED) is 0.692. The van der Waals surface area contributed by atoms with Gasteiger partial charge in [0.25, 0.3) is 0 Å². The third kappa shape index (κ3) is 2.52. The second kappa shape index (κ2) is 5.40. The summed E-state index contributed by atoms with van der Waals surface area (Å²) in [6.07, 6.45) is 0. The minimum absolute atomic E-state index is 0.114. The second-order valence-corrected chi connectivity index (χ2v) is 4.97. The highest BCUT2D eigenvalue weighted by Crippen LogP contribution is 2.28. The number of hydrogen-bond acceptors (Lipinski definition) is 3. The molecule has 0 amide bonds. The van der Waals surface area contributed by atoms with E-state index in [2.05, 4.69) is 24.2 Å². The number of para-hydroxylation sites is 1. The fourth-order valence-corrected chi connectivity index (χ4v) is 2.36. The number of fused-ring (bicyclic) bond motifs is 1. The van der Waals surface area contributed by atoms with Crippen molar-refractivity contribution in [2.75, 3.05) is 7.11 Å². The highest BCUT2D eigenvalue weighted by atomic mass is 16.5. The van der Waals surface area contributed by atoms with Crippen molar-refractivity contribution < 1.29 is 9.53 Å². The molecule has 0 saturated carbocycles. The maximum Gasteiger partial charge on any atom is 0.327 e. The number of ether oxygens (including phenoxy) is 1. The molecule has 0 unspecified atom stereocenters. The summed E-state index contributed by atoms with van der Waals surface area (Å²) in [4.78, 5) is 11.5. The highest BCUT2D eigenvalue weighted by Gasteiger charge is 2.13. The molecule has 21 heavy (non-hydrogen) atoms. The average molecular weight is 280 g/mol. The van der Waals surface area contributed by atoms with Gasteiger partial charge in [-0.1, -0.05) is 48.0 Å². The topological polar surface area (TPSA) is 44.1 Å². The lowest BCUT2D eigenvalue weighted by Gasteiger charge is -2.01. The Balaban J connectivity index is 2.14.